The van der Waals surface area contributed by atoms with Gasteiger partial charge in [0, 0.05) is 30.5 Å². The Hall–Kier alpha value is -2.63. The predicted molar refractivity (Wildman–Crippen MR) is 219 cm³/mol. The van der Waals surface area contributed by atoms with Gasteiger partial charge >= 0.3 is 58.6 Å². The maximum absolute atomic E-state index is 12.4. The molecule has 0 spiro atoms. The number of phosphoric ester groups is 2. The summed E-state index contributed by atoms with van der Waals surface area (Å²) in [6.07, 6.45) is -1.34. The molecule has 27 nitrogen and oxygen atoms in total. The van der Waals surface area contributed by atoms with E-state index in [1.54, 1.807) is 0 Å². The van der Waals surface area contributed by atoms with E-state index in [-0.39, 0.29) is 43.3 Å². The number of nitrogens with zero attached hydrogens (tertiary/aromatic N) is 1. The molecule has 65 heavy (non-hydrogen) atoms. The molecule has 1 aromatic heterocycles. The first-order valence-electron chi connectivity index (χ1n) is 19.0. The van der Waals surface area contributed by atoms with Gasteiger partial charge in [-0.15, -0.1) is 0 Å². The van der Waals surface area contributed by atoms with Crippen LogP contribution in [-0.2, 0) is 72.3 Å². The van der Waals surface area contributed by atoms with Gasteiger partial charge in [0.25, 0.3) is 5.56 Å². The molecule has 0 saturated carbocycles. The second-order valence-corrected chi connectivity index (χ2v) is 23.6. The Bertz CT molecular complexity index is 2580. The fourth-order valence-electron chi connectivity index (χ4n) is 6.53. The third-order valence-corrected chi connectivity index (χ3v) is 18.5. The van der Waals surface area contributed by atoms with Gasteiger partial charge in [-0.05, 0) is 42.0 Å². The Labute approximate surface area is 367 Å². The molecule has 9 atom stereocenters. The number of carbonyl (C=O) groups is 1. The first kappa shape index (κ1) is 53.3. The average molecular weight is 1040 g/mol. The van der Waals surface area contributed by atoms with Crippen molar-refractivity contribution in [1.82, 2.24) is 9.55 Å². The van der Waals surface area contributed by atoms with Crippen LogP contribution in [-0.4, -0.2) is 82.0 Å². The summed E-state index contributed by atoms with van der Waals surface area (Å²) >= 11 is 0. The standard InChI is InChI=1S/C32H44N2O25P6/c1-21-18-34(32(38)33-31(21)37)29-17-27(35)28(54-29)20-53-61(41,42)56-63(45,46)58-65(49,50)59-64(47,48)57-62(43,44)55-60(39,40)52-16-10-4-2-3-5-15-30(36)51-19-26-24-13-8-6-11-22(24)23-12-7-9-14-25(23)26/h6-9,11-14,18,26-29,35H,2-5,10,15-17,19-20H2,1H3,(H,39,40)(H,41,42)(H,43,44)(H,45,46)(H,47,48)(H,49,50)(H,33,37,38)/t27?,28-,29-/m1/s1. The summed E-state index contributed by atoms with van der Waals surface area (Å²) < 4.78 is 113. The number of aromatic amines is 1. The molecule has 5 rings (SSSR count). The number of aromatic nitrogens is 2. The molecular weight excluding hydrogens is 998 g/mol. The molecule has 0 radical (unpaired) electrons. The lowest BCUT2D eigenvalue weighted by atomic mass is 9.98. The Morgan fingerprint density at radius 2 is 1.17 bits per heavy atom. The summed E-state index contributed by atoms with van der Waals surface area (Å²) in [5.41, 5.74) is 2.78. The fraction of sp³-hybridized carbons (Fsp3) is 0.469. The van der Waals surface area contributed by atoms with E-state index in [2.05, 4.69) is 30.6 Å². The minimum Gasteiger partial charge on any atom is -0.465 e. The van der Waals surface area contributed by atoms with E-state index in [1.165, 1.54) is 6.92 Å². The molecule has 2 aliphatic rings. The van der Waals surface area contributed by atoms with E-state index >= 15 is 0 Å². The van der Waals surface area contributed by atoms with Crippen molar-refractivity contribution in [1.29, 1.82) is 0 Å². The quantitative estimate of drug-likeness (QED) is 0.0317. The molecule has 0 amide bonds. The van der Waals surface area contributed by atoms with E-state index in [1.807, 2.05) is 53.5 Å². The maximum atomic E-state index is 12.4. The number of benzene rings is 2. The lowest BCUT2D eigenvalue weighted by molar-refractivity contribution is -0.144. The van der Waals surface area contributed by atoms with Crippen molar-refractivity contribution in [3.05, 3.63) is 92.3 Å². The van der Waals surface area contributed by atoms with Crippen LogP contribution in [0.2, 0.25) is 0 Å². The first-order chi connectivity index (χ1) is 30.2. The highest BCUT2D eigenvalue weighted by atomic mass is 31.3. The summed E-state index contributed by atoms with van der Waals surface area (Å²) in [5, 5.41) is 10.3. The predicted octanol–water partition coefficient (Wildman–Crippen LogP) is 4.91. The number of aliphatic hydroxyl groups is 1. The minimum absolute atomic E-state index is 0.0778. The number of aliphatic hydroxyl groups excluding tert-OH is 1. The third-order valence-electron chi connectivity index (χ3n) is 9.25. The number of ether oxygens (including phenoxy) is 2. The van der Waals surface area contributed by atoms with Crippen molar-refractivity contribution in [2.24, 2.45) is 0 Å². The van der Waals surface area contributed by atoms with Crippen LogP contribution in [0.4, 0.5) is 0 Å². The second kappa shape index (κ2) is 21.8. The van der Waals surface area contributed by atoms with Crippen LogP contribution in [0.5, 0.6) is 0 Å². The molecule has 8 N–H and O–H groups in total. The van der Waals surface area contributed by atoms with Gasteiger partial charge in [0.15, 0.2) is 0 Å². The molecule has 2 heterocycles. The Balaban J connectivity index is 0.974. The van der Waals surface area contributed by atoms with Crippen LogP contribution >= 0.6 is 46.9 Å². The zero-order chi connectivity index (χ0) is 48.0. The number of aryl methyl sites for hydroxylation is 1. The Morgan fingerprint density at radius 1 is 0.692 bits per heavy atom. The van der Waals surface area contributed by atoms with E-state index in [0.29, 0.717) is 25.7 Å². The molecule has 1 fully saturated rings. The summed E-state index contributed by atoms with van der Waals surface area (Å²) in [7, 11) is -36.9. The number of rotatable bonds is 25. The van der Waals surface area contributed by atoms with Crippen molar-refractivity contribution in [2.75, 3.05) is 19.8 Å². The fourth-order valence-corrected chi connectivity index (χ4v) is 14.4. The number of carbonyl (C=O) groups excluding carboxylic acids is 1. The summed E-state index contributed by atoms with van der Waals surface area (Å²) in [6, 6.07) is 15.8. The lowest BCUT2D eigenvalue weighted by Gasteiger charge is -2.21. The lowest BCUT2D eigenvalue weighted by Crippen LogP contribution is -2.33. The minimum atomic E-state index is -6.49. The Morgan fingerprint density at radius 3 is 1.72 bits per heavy atom. The summed E-state index contributed by atoms with van der Waals surface area (Å²) in [6.45, 7) is -0.133. The van der Waals surface area contributed by atoms with Gasteiger partial charge in [-0.1, -0.05) is 67.8 Å². The van der Waals surface area contributed by atoms with E-state index < -0.39 is 89.8 Å². The zero-order valence-corrected chi connectivity index (χ0v) is 39.1. The van der Waals surface area contributed by atoms with Gasteiger partial charge in [0.2, 0.25) is 0 Å². The van der Waals surface area contributed by atoms with Crippen LogP contribution in [0.3, 0.4) is 0 Å². The highest BCUT2D eigenvalue weighted by Gasteiger charge is 2.50. The number of esters is 1. The van der Waals surface area contributed by atoms with E-state index in [4.69, 9.17) is 9.47 Å². The van der Waals surface area contributed by atoms with Gasteiger partial charge in [0.05, 0.1) is 19.3 Å². The normalized spacial score (nSPS) is 22.9. The topological polar surface area (TPSA) is 399 Å². The van der Waals surface area contributed by atoms with Gasteiger partial charge < -0.3 is 43.9 Å². The van der Waals surface area contributed by atoms with Crippen LogP contribution in [0, 0.1) is 6.92 Å². The van der Waals surface area contributed by atoms with Gasteiger partial charge in [-0.2, -0.15) is 21.6 Å². The number of hydrogen-bond acceptors (Lipinski definition) is 19. The molecule has 1 aliphatic heterocycles. The molecule has 7 unspecified atom stereocenters. The van der Waals surface area contributed by atoms with Crippen molar-refractivity contribution in [3.8, 4) is 11.1 Å². The molecule has 1 aliphatic carbocycles. The van der Waals surface area contributed by atoms with Crippen molar-refractivity contribution < 1.29 is 107 Å². The highest BCUT2D eigenvalue weighted by Crippen LogP contribution is 2.75. The molecular formula is C32H44N2O25P6. The molecule has 2 aromatic carbocycles. The first-order valence-corrected chi connectivity index (χ1v) is 28.0. The van der Waals surface area contributed by atoms with Crippen LogP contribution < -0.4 is 11.2 Å². The largest absolute Gasteiger partial charge is 0.490 e. The van der Waals surface area contributed by atoms with Crippen LogP contribution in [0.15, 0.2) is 64.3 Å². The van der Waals surface area contributed by atoms with Crippen LogP contribution in [0.1, 0.15) is 73.8 Å². The van der Waals surface area contributed by atoms with E-state index in [0.717, 1.165) is 33.0 Å². The average Bonchev–Trinajstić information content (AvgIpc) is 3.69. The monoisotopic (exact) mass is 1040 g/mol. The third kappa shape index (κ3) is 16.0. The number of hydrogen-bond donors (Lipinski definition) is 8. The van der Waals surface area contributed by atoms with Crippen molar-refractivity contribution >= 4 is 52.9 Å². The Kier molecular flexibility index (Phi) is 17.9. The van der Waals surface area contributed by atoms with Gasteiger partial charge in [0.1, 0.15) is 18.9 Å². The maximum Gasteiger partial charge on any atom is 0.490 e. The number of nitrogens with one attached hydrogen (secondary N) is 1. The number of unbranched alkanes of at least 4 members (excludes halogenated alkanes) is 4. The molecule has 362 valence electrons. The van der Waals surface area contributed by atoms with Crippen molar-refractivity contribution in [3.63, 3.8) is 0 Å². The van der Waals surface area contributed by atoms with Crippen molar-refractivity contribution in [2.45, 2.75) is 76.2 Å². The zero-order valence-electron chi connectivity index (χ0n) is 33.7. The number of phosphoric acid groups is 6. The highest BCUT2D eigenvalue weighted by molar-refractivity contribution is 7.72. The molecule has 1 saturated heterocycles. The van der Waals surface area contributed by atoms with Gasteiger partial charge in [-0.25, -0.2) is 32.2 Å². The number of H-pyrrole nitrogens is 1. The van der Waals surface area contributed by atoms with E-state index in [9.17, 15) is 76.2 Å². The molecule has 33 heteroatoms. The molecule has 0 bridgehead atoms. The SMILES string of the molecule is Cc1cn([C@H]2CC(O)[C@@H](COP(=O)(O)OP(=O)(O)OP(=O)(O)OP(=O)(O)OP(=O)(O)OP(=O)(O)OCCCCCCCC(=O)OCC3c4ccccc4-c4ccccc43)O2)c(=O)[nH]c1=O. The second-order valence-electron chi connectivity index (χ2n) is 14.2. The van der Waals surface area contributed by atoms with Gasteiger partial charge in [-0.3, -0.25) is 28.2 Å². The van der Waals surface area contributed by atoms with Crippen LogP contribution in [0.25, 0.3) is 11.1 Å². The summed E-state index contributed by atoms with van der Waals surface area (Å²) in [4.78, 5) is 96.8. The number of fused-ring (bicyclic) bond motifs is 3. The molecule has 3 aromatic rings. The smallest absolute Gasteiger partial charge is 0.465 e. The summed E-state index contributed by atoms with van der Waals surface area (Å²) in [5.74, 6) is -0.471.